The van der Waals surface area contributed by atoms with Crippen LogP contribution in [0.1, 0.15) is 5.69 Å². The summed E-state index contributed by atoms with van der Waals surface area (Å²) in [5, 5.41) is 20.1. The molecule has 3 rings (SSSR count). The van der Waals surface area contributed by atoms with Crippen LogP contribution in [0.4, 0.5) is 0 Å². The van der Waals surface area contributed by atoms with Gasteiger partial charge in [0, 0.05) is 30.1 Å². The molecule has 0 unspecified atom stereocenters. The van der Waals surface area contributed by atoms with Crippen LogP contribution in [-0.4, -0.2) is 51.8 Å². The summed E-state index contributed by atoms with van der Waals surface area (Å²) in [6.45, 7) is 0.250. The van der Waals surface area contributed by atoms with Crippen molar-refractivity contribution in [3.63, 3.8) is 0 Å². The van der Waals surface area contributed by atoms with Gasteiger partial charge in [-0.1, -0.05) is 24.3 Å². The van der Waals surface area contributed by atoms with Gasteiger partial charge in [0.1, 0.15) is 6.61 Å². The number of hydrogen-bond donors (Lipinski definition) is 2. The van der Waals surface area contributed by atoms with E-state index in [2.05, 4.69) is 4.98 Å². The van der Waals surface area contributed by atoms with Gasteiger partial charge >= 0.3 is 0 Å². The van der Waals surface area contributed by atoms with Gasteiger partial charge in [0.15, 0.2) is 0 Å². The molecule has 1 saturated heterocycles. The van der Waals surface area contributed by atoms with Gasteiger partial charge in [0.25, 0.3) is 0 Å². The van der Waals surface area contributed by atoms with Crippen LogP contribution in [0.25, 0.3) is 10.9 Å². The number of fused-ring (bicyclic) bond motifs is 1. The average molecular weight is 286 g/mol. The smallest absolute Gasteiger partial charge is 0.248 e. The first-order valence-corrected chi connectivity index (χ1v) is 7.09. The highest BCUT2D eigenvalue weighted by Gasteiger charge is 2.33. The molecular weight excluding hydrogens is 268 g/mol. The Kier molecular flexibility index (Phi) is 3.86. The number of pyridine rings is 1. The molecule has 21 heavy (non-hydrogen) atoms. The SMILES string of the molecule is O=C(CO)N1C[C@@H](Cc2ccc3ccccc3n2)[C@H](O)C1. The summed E-state index contributed by atoms with van der Waals surface area (Å²) >= 11 is 0. The Morgan fingerprint density at radius 2 is 2.05 bits per heavy atom. The number of carbonyl (C=O) groups is 1. The fourth-order valence-corrected chi connectivity index (χ4v) is 2.85. The van der Waals surface area contributed by atoms with Gasteiger partial charge in [-0.05, 0) is 18.6 Å². The van der Waals surface area contributed by atoms with Gasteiger partial charge in [0.05, 0.1) is 11.6 Å². The molecule has 0 aliphatic carbocycles. The van der Waals surface area contributed by atoms with Crippen molar-refractivity contribution >= 4 is 16.8 Å². The second-order valence-electron chi connectivity index (χ2n) is 5.48. The van der Waals surface area contributed by atoms with Gasteiger partial charge < -0.3 is 15.1 Å². The van der Waals surface area contributed by atoms with E-state index in [1.807, 2.05) is 36.4 Å². The molecule has 2 atom stereocenters. The number of carbonyl (C=O) groups excluding carboxylic acids is 1. The second-order valence-corrected chi connectivity index (χ2v) is 5.48. The molecule has 1 aliphatic heterocycles. The Labute approximate surface area is 122 Å². The third kappa shape index (κ3) is 2.89. The Morgan fingerprint density at radius 1 is 1.24 bits per heavy atom. The monoisotopic (exact) mass is 286 g/mol. The topological polar surface area (TPSA) is 73.7 Å². The third-order valence-corrected chi connectivity index (χ3v) is 4.02. The molecule has 1 aromatic carbocycles. The number of rotatable bonds is 3. The molecule has 0 radical (unpaired) electrons. The molecular formula is C16H18N2O3. The lowest BCUT2D eigenvalue weighted by atomic mass is 9.99. The van der Waals surface area contributed by atoms with Gasteiger partial charge in [0.2, 0.25) is 5.91 Å². The lowest BCUT2D eigenvalue weighted by Gasteiger charge is -2.14. The number of nitrogens with zero attached hydrogens (tertiary/aromatic N) is 2. The van der Waals surface area contributed by atoms with E-state index in [1.165, 1.54) is 4.90 Å². The number of aromatic nitrogens is 1. The molecule has 0 saturated carbocycles. The fourth-order valence-electron chi connectivity index (χ4n) is 2.85. The van der Waals surface area contributed by atoms with Crippen molar-refractivity contribution in [1.29, 1.82) is 0 Å². The van der Waals surface area contributed by atoms with E-state index in [0.29, 0.717) is 13.0 Å². The predicted octanol–water partition coefficient (Wildman–Crippen LogP) is 0.589. The van der Waals surface area contributed by atoms with Crippen molar-refractivity contribution in [2.45, 2.75) is 12.5 Å². The molecule has 1 fully saturated rings. The normalized spacial score (nSPS) is 21.9. The highest BCUT2D eigenvalue weighted by molar-refractivity contribution is 5.78. The fraction of sp³-hybridized carbons (Fsp3) is 0.375. The third-order valence-electron chi connectivity index (χ3n) is 4.02. The molecule has 5 heteroatoms. The first kappa shape index (κ1) is 14.0. The summed E-state index contributed by atoms with van der Waals surface area (Å²) in [6, 6.07) is 11.9. The molecule has 0 spiro atoms. The minimum Gasteiger partial charge on any atom is -0.391 e. The highest BCUT2D eigenvalue weighted by Crippen LogP contribution is 2.22. The molecule has 2 N–H and O–H groups in total. The van der Waals surface area contributed by atoms with Crippen LogP contribution in [0, 0.1) is 5.92 Å². The number of hydrogen-bond acceptors (Lipinski definition) is 4. The standard InChI is InChI=1S/C16H18N2O3/c19-10-16(21)18-8-12(15(20)9-18)7-13-6-5-11-3-1-2-4-14(11)17-13/h1-6,12,15,19-20H,7-10H2/t12-,15-/m1/s1. The molecule has 0 bridgehead atoms. The minimum atomic E-state index is -0.561. The van der Waals surface area contributed by atoms with Crippen molar-refractivity contribution in [2.24, 2.45) is 5.92 Å². The molecule has 2 aromatic rings. The zero-order chi connectivity index (χ0) is 14.8. The summed E-state index contributed by atoms with van der Waals surface area (Å²) in [5.74, 6) is -0.364. The minimum absolute atomic E-state index is 0.0332. The molecule has 2 heterocycles. The lowest BCUT2D eigenvalue weighted by molar-refractivity contribution is -0.133. The first-order chi connectivity index (χ1) is 10.2. The Bertz CT molecular complexity index is 659. The molecule has 1 amide bonds. The van der Waals surface area contributed by atoms with Crippen LogP contribution < -0.4 is 0 Å². The molecule has 1 aliphatic rings. The predicted molar refractivity (Wildman–Crippen MR) is 78.6 cm³/mol. The van der Waals surface area contributed by atoms with Crippen molar-refractivity contribution in [2.75, 3.05) is 19.7 Å². The zero-order valence-electron chi connectivity index (χ0n) is 11.6. The van der Waals surface area contributed by atoms with Crippen LogP contribution in [-0.2, 0) is 11.2 Å². The summed E-state index contributed by atoms with van der Waals surface area (Å²) < 4.78 is 0. The van der Waals surface area contributed by atoms with E-state index in [-0.39, 0.29) is 18.4 Å². The summed E-state index contributed by atoms with van der Waals surface area (Å²) in [6.07, 6.45) is 0.0649. The molecule has 1 aromatic heterocycles. The lowest BCUT2D eigenvalue weighted by Crippen LogP contribution is -2.31. The van der Waals surface area contributed by atoms with Crippen molar-refractivity contribution in [3.05, 3.63) is 42.1 Å². The summed E-state index contributed by atoms with van der Waals surface area (Å²) in [7, 11) is 0. The number of likely N-dealkylation sites (tertiary alicyclic amines) is 1. The first-order valence-electron chi connectivity index (χ1n) is 7.09. The van der Waals surface area contributed by atoms with Gasteiger partial charge in [-0.25, -0.2) is 0 Å². The zero-order valence-corrected chi connectivity index (χ0v) is 11.6. The summed E-state index contributed by atoms with van der Waals surface area (Å²) in [5.41, 5.74) is 1.85. The van der Waals surface area contributed by atoms with Gasteiger partial charge in [-0.2, -0.15) is 0 Å². The van der Waals surface area contributed by atoms with E-state index in [9.17, 15) is 9.90 Å². The van der Waals surface area contributed by atoms with Crippen molar-refractivity contribution < 1.29 is 15.0 Å². The van der Waals surface area contributed by atoms with E-state index >= 15 is 0 Å². The molecule has 5 nitrogen and oxygen atoms in total. The number of β-amino-alcohol motifs (C(OH)–C–C–N with tert-alkyl or cyclic N) is 1. The summed E-state index contributed by atoms with van der Waals surface area (Å²) in [4.78, 5) is 17.6. The second kappa shape index (κ2) is 5.79. The van der Waals surface area contributed by atoms with Crippen LogP contribution in [0.5, 0.6) is 0 Å². The maximum absolute atomic E-state index is 11.5. The van der Waals surface area contributed by atoms with E-state index in [4.69, 9.17) is 5.11 Å². The maximum Gasteiger partial charge on any atom is 0.248 e. The van der Waals surface area contributed by atoms with Gasteiger partial charge in [-0.3, -0.25) is 9.78 Å². The van der Waals surface area contributed by atoms with E-state index in [0.717, 1.165) is 16.6 Å². The highest BCUT2D eigenvalue weighted by atomic mass is 16.3. The molecule has 110 valence electrons. The Morgan fingerprint density at radius 3 is 2.86 bits per heavy atom. The largest absolute Gasteiger partial charge is 0.391 e. The van der Waals surface area contributed by atoms with E-state index in [1.54, 1.807) is 0 Å². The number of amides is 1. The number of para-hydroxylation sites is 1. The van der Waals surface area contributed by atoms with Crippen LogP contribution in [0.2, 0.25) is 0 Å². The van der Waals surface area contributed by atoms with Gasteiger partial charge in [-0.15, -0.1) is 0 Å². The number of aliphatic hydroxyl groups is 2. The average Bonchev–Trinajstić information content (AvgIpc) is 2.87. The van der Waals surface area contributed by atoms with E-state index < -0.39 is 12.7 Å². The van der Waals surface area contributed by atoms with Crippen LogP contribution in [0.15, 0.2) is 36.4 Å². The van der Waals surface area contributed by atoms with Crippen molar-refractivity contribution in [1.82, 2.24) is 9.88 Å². The van der Waals surface area contributed by atoms with Crippen LogP contribution >= 0.6 is 0 Å². The Hall–Kier alpha value is -1.98. The quantitative estimate of drug-likeness (QED) is 0.866. The van der Waals surface area contributed by atoms with Crippen molar-refractivity contribution in [3.8, 4) is 0 Å². The van der Waals surface area contributed by atoms with Crippen LogP contribution in [0.3, 0.4) is 0 Å². The number of benzene rings is 1. The number of aliphatic hydroxyl groups excluding tert-OH is 2. The Balaban J connectivity index is 1.74. The maximum atomic E-state index is 11.5.